The molecule has 1 aliphatic rings. The minimum absolute atomic E-state index is 0.0371. The molecule has 1 saturated carbocycles. The molecule has 0 spiro atoms. The molecule has 0 radical (unpaired) electrons. The van der Waals surface area contributed by atoms with Crippen molar-refractivity contribution in [3.63, 3.8) is 0 Å². The van der Waals surface area contributed by atoms with E-state index in [1.807, 2.05) is 12.1 Å². The predicted molar refractivity (Wildman–Crippen MR) is 112 cm³/mol. The van der Waals surface area contributed by atoms with Gasteiger partial charge in [-0.25, -0.2) is 8.78 Å². The first-order valence-corrected chi connectivity index (χ1v) is 10.3. The van der Waals surface area contributed by atoms with Crippen LogP contribution in [0.4, 0.5) is 14.5 Å². The fraction of sp³-hybridized carbons (Fsp3) is 0.391. The first kappa shape index (κ1) is 21.9. The summed E-state index contributed by atoms with van der Waals surface area (Å²) in [7, 11) is 0. The summed E-state index contributed by atoms with van der Waals surface area (Å²) in [6, 6.07) is 10.1. The lowest BCUT2D eigenvalue weighted by molar-refractivity contribution is -0.119. The van der Waals surface area contributed by atoms with Crippen molar-refractivity contribution in [3.8, 4) is 0 Å². The van der Waals surface area contributed by atoms with E-state index >= 15 is 0 Å². The lowest BCUT2D eigenvalue weighted by Gasteiger charge is -2.23. The molecular weight excluding hydrogens is 388 g/mol. The molecule has 7 heteroatoms. The van der Waals surface area contributed by atoms with Gasteiger partial charge in [0, 0.05) is 36.3 Å². The van der Waals surface area contributed by atoms with Crippen LogP contribution in [0, 0.1) is 17.6 Å². The second-order valence-electron chi connectivity index (χ2n) is 7.69. The highest BCUT2D eigenvalue weighted by atomic mass is 19.1. The van der Waals surface area contributed by atoms with Crippen LogP contribution in [0.1, 0.15) is 48.0 Å². The molecule has 0 aromatic heterocycles. The van der Waals surface area contributed by atoms with Crippen molar-refractivity contribution in [1.29, 1.82) is 0 Å². The molecule has 2 aromatic carbocycles. The highest BCUT2D eigenvalue weighted by Crippen LogP contribution is 2.26. The number of carbonyl (C=O) groups excluding carboxylic acids is 2. The minimum atomic E-state index is -0.792. The van der Waals surface area contributed by atoms with Crippen LogP contribution in [0.5, 0.6) is 0 Å². The zero-order chi connectivity index (χ0) is 21.5. The van der Waals surface area contributed by atoms with Crippen molar-refractivity contribution in [1.82, 2.24) is 4.90 Å². The van der Waals surface area contributed by atoms with Crippen molar-refractivity contribution in [2.75, 3.05) is 18.4 Å². The fourth-order valence-corrected chi connectivity index (χ4v) is 3.74. The average molecular weight is 415 g/mol. The van der Waals surface area contributed by atoms with E-state index in [-0.39, 0.29) is 23.9 Å². The topological polar surface area (TPSA) is 75.4 Å². The lowest BCUT2D eigenvalue weighted by atomic mass is 10.1. The monoisotopic (exact) mass is 415 g/mol. The van der Waals surface area contributed by atoms with E-state index in [9.17, 15) is 18.4 Å². The van der Waals surface area contributed by atoms with E-state index in [2.05, 4.69) is 5.32 Å². The Kier molecular flexibility index (Phi) is 7.52. The molecule has 0 bridgehead atoms. The first-order chi connectivity index (χ1) is 14.5. The Morgan fingerprint density at radius 3 is 2.27 bits per heavy atom. The Morgan fingerprint density at radius 2 is 1.67 bits per heavy atom. The third-order valence-corrected chi connectivity index (χ3v) is 5.35. The molecule has 0 heterocycles. The summed E-state index contributed by atoms with van der Waals surface area (Å²) >= 11 is 0. The van der Waals surface area contributed by atoms with Crippen molar-refractivity contribution in [2.24, 2.45) is 11.7 Å². The number of carbonyl (C=O) groups is 2. The van der Waals surface area contributed by atoms with Crippen LogP contribution < -0.4 is 11.1 Å². The Hall–Kier alpha value is -2.80. The van der Waals surface area contributed by atoms with Gasteiger partial charge in [-0.3, -0.25) is 9.59 Å². The summed E-state index contributed by atoms with van der Waals surface area (Å²) in [5, 5.41) is 2.94. The van der Waals surface area contributed by atoms with Gasteiger partial charge < -0.3 is 16.0 Å². The molecule has 0 atom stereocenters. The van der Waals surface area contributed by atoms with Crippen LogP contribution in [0.25, 0.3) is 0 Å². The maximum absolute atomic E-state index is 13.5. The first-order valence-electron chi connectivity index (χ1n) is 10.3. The van der Waals surface area contributed by atoms with E-state index in [1.54, 1.807) is 12.1 Å². The molecule has 0 aliphatic heterocycles. The molecule has 0 unspecified atom stereocenters. The fourth-order valence-electron chi connectivity index (χ4n) is 3.74. The number of nitrogens with one attached hydrogen (secondary N) is 1. The highest BCUT2D eigenvalue weighted by Gasteiger charge is 2.22. The number of halogens is 2. The molecule has 1 fully saturated rings. The highest BCUT2D eigenvalue weighted by molar-refractivity contribution is 5.94. The molecule has 0 saturated heterocycles. The maximum Gasteiger partial charge on any atom is 0.254 e. The summed E-state index contributed by atoms with van der Waals surface area (Å²) in [5.41, 5.74) is 7.09. The number of rotatable bonds is 8. The van der Waals surface area contributed by atoms with Gasteiger partial charge in [-0.05, 0) is 55.6 Å². The van der Waals surface area contributed by atoms with Gasteiger partial charge >= 0.3 is 0 Å². The summed E-state index contributed by atoms with van der Waals surface area (Å²) in [4.78, 5) is 26.6. The van der Waals surface area contributed by atoms with Gasteiger partial charge in [0.15, 0.2) is 0 Å². The SMILES string of the molecule is NCCCN(Cc1ccc(NC(=O)C2CCCC2)cc1)C(=O)c1cc(F)cc(F)c1. The molecule has 1 aliphatic carbocycles. The van der Waals surface area contributed by atoms with Crippen molar-refractivity contribution < 1.29 is 18.4 Å². The van der Waals surface area contributed by atoms with Gasteiger partial charge in [-0.15, -0.1) is 0 Å². The molecule has 3 rings (SSSR count). The van der Waals surface area contributed by atoms with Crippen LogP contribution in [0.3, 0.4) is 0 Å². The van der Waals surface area contributed by atoms with Gasteiger partial charge in [-0.2, -0.15) is 0 Å². The Bertz CT molecular complexity index is 860. The Morgan fingerprint density at radius 1 is 1.03 bits per heavy atom. The number of benzene rings is 2. The third-order valence-electron chi connectivity index (χ3n) is 5.35. The Labute approximate surface area is 175 Å². The number of anilines is 1. The normalized spacial score (nSPS) is 14.0. The van der Waals surface area contributed by atoms with Crippen molar-refractivity contribution in [2.45, 2.75) is 38.6 Å². The van der Waals surface area contributed by atoms with Crippen LogP contribution in [-0.2, 0) is 11.3 Å². The zero-order valence-corrected chi connectivity index (χ0v) is 16.9. The summed E-state index contributed by atoms with van der Waals surface area (Å²) in [6.07, 6.45) is 4.63. The van der Waals surface area contributed by atoms with Gasteiger partial charge in [0.05, 0.1) is 0 Å². The maximum atomic E-state index is 13.5. The number of amides is 2. The predicted octanol–water partition coefficient (Wildman–Crippen LogP) is 4.08. The number of nitrogens with two attached hydrogens (primary N) is 1. The van der Waals surface area contributed by atoms with Gasteiger partial charge in [0.1, 0.15) is 11.6 Å². The molecule has 5 nitrogen and oxygen atoms in total. The van der Waals surface area contributed by atoms with Gasteiger partial charge in [0.2, 0.25) is 5.91 Å². The van der Waals surface area contributed by atoms with Gasteiger partial charge in [-0.1, -0.05) is 25.0 Å². The molecule has 2 amide bonds. The Balaban J connectivity index is 1.68. The number of hydrogen-bond acceptors (Lipinski definition) is 3. The second kappa shape index (κ2) is 10.3. The third kappa shape index (κ3) is 5.86. The second-order valence-corrected chi connectivity index (χ2v) is 7.69. The van der Waals surface area contributed by atoms with E-state index in [1.165, 1.54) is 4.90 Å². The van der Waals surface area contributed by atoms with Crippen molar-refractivity contribution >= 4 is 17.5 Å². The molecular formula is C23H27F2N3O2. The molecule has 3 N–H and O–H groups in total. The van der Waals surface area contributed by atoms with E-state index in [0.29, 0.717) is 25.2 Å². The van der Waals surface area contributed by atoms with Crippen LogP contribution in [-0.4, -0.2) is 29.8 Å². The summed E-state index contributed by atoms with van der Waals surface area (Å²) < 4.78 is 27.1. The van der Waals surface area contributed by atoms with Crippen molar-refractivity contribution in [3.05, 3.63) is 65.2 Å². The molecule has 30 heavy (non-hydrogen) atoms. The van der Waals surface area contributed by atoms with E-state index < -0.39 is 17.5 Å². The minimum Gasteiger partial charge on any atom is -0.334 e. The molecule has 2 aromatic rings. The van der Waals surface area contributed by atoms with E-state index in [0.717, 1.165) is 49.4 Å². The largest absolute Gasteiger partial charge is 0.334 e. The van der Waals surface area contributed by atoms with Crippen LogP contribution >= 0.6 is 0 Å². The summed E-state index contributed by atoms with van der Waals surface area (Å²) in [5.74, 6) is -1.91. The standard InChI is InChI=1S/C23H27F2N3O2/c24-19-12-18(13-20(25)14-19)23(30)28(11-3-10-26)15-16-6-8-21(9-7-16)27-22(29)17-4-1-2-5-17/h6-9,12-14,17H,1-5,10-11,15,26H2,(H,27,29). The smallest absolute Gasteiger partial charge is 0.254 e. The number of nitrogens with zero attached hydrogens (tertiary/aromatic N) is 1. The van der Waals surface area contributed by atoms with E-state index in [4.69, 9.17) is 5.73 Å². The van der Waals surface area contributed by atoms with Gasteiger partial charge in [0.25, 0.3) is 5.91 Å². The average Bonchev–Trinajstić information content (AvgIpc) is 3.26. The number of hydrogen-bond donors (Lipinski definition) is 2. The summed E-state index contributed by atoms with van der Waals surface area (Å²) in [6.45, 7) is 1.04. The zero-order valence-electron chi connectivity index (χ0n) is 16.9. The lowest BCUT2D eigenvalue weighted by Crippen LogP contribution is -2.32. The quantitative estimate of drug-likeness (QED) is 0.682. The van der Waals surface area contributed by atoms with Crippen LogP contribution in [0.2, 0.25) is 0 Å². The molecule has 160 valence electrons. The van der Waals surface area contributed by atoms with Crippen LogP contribution in [0.15, 0.2) is 42.5 Å².